The maximum Gasteiger partial charge on any atom is 0.336 e. The largest absolute Gasteiger partial charge is 0.497 e. The minimum absolute atomic E-state index is 0.163. The van der Waals surface area contributed by atoms with Crippen molar-refractivity contribution in [3.8, 4) is 11.5 Å². The summed E-state index contributed by atoms with van der Waals surface area (Å²) in [6.45, 7) is 3.88. The summed E-state index contributed by atoms with van der Waals surface area (Å²) < 4.78 is 45.1. The first-order valence-electron chi connectivity index (χ1n) is 12.2. The van der Waals surface area contributed by atoms with E-state index >= 15 is 0 Å². The van der Waals surface area contributed by atoms with Crippen LogP contribution in [-0.4, -0.2) is 78.2 Å². The van der Waals surface area contributed by atoms with E-state index in [1.807, 2.05) is 12.1 Å². The molecule has 1 N–H and O–H groups in total. The van der Waals surface area contributed by atoms with Crippen molar-refractivity contribution in [2.45, 2.75) is 26.4 Å². The van der Waals surface area contributed by atoms with Crippen LogP contribution in [0.5, 0.6) is 11.5 Å². The second-order valence-electron chi connectivity index (χ2n) is 8.17. The van der Waals surface area contributed by atoms with Crippen LogP contribution in [0.25, 0.3) is 0 Å². The zero-order valence-electron chi connectivity index (χ0n) is 21.5. The van der Waals surface area contributed by atoms with E-state index in [4.69, 9.17) is 37.9 Å². The Morgan fingerprint density at radius 2 is 1.05 bits per heavy atom. The first kappa shape index (κ1) is 28.8. The molecule has 37 heavy (non-hydrogen) atoms. The molecule has 2 aromatic rings. The van der Waals surface area contributed by atoms with Crippen LogP contribution in [0.2, 0.25) is 0 Å². The van der Waals surface area contributed by atoms with Crippen LogP contribution in [0.3, 0.4) is 0 Å². The molecule has 0 amide bonds. The van der Waals surface area contributed by atoms with Crippen molar-refractivity contribution in [3.05, 3.63) is 58.1 Å². The van der Waals surface area contributed by atoms with Gasteiger partial charge in [-0.15, -0.1) is 0 Å². The van der Waals surface area contributed by atoms with Gasteiger partial charge < -0.3 is 43.0 Å². The van der Waals surface area contributed by atoms with Crippen molar-refractivity contribution < 1.29 is 47.8 Å². The summed E-state index contributed by atoms with van der Waals surface area (Å²) in [5.74, 6) is 0.375. The zero-order chi connectivity index (χ0) is 26.3. The number of hydrogen-bond acceptors (Lipinski definition) is 9. The number of carbonyl (C=O) groups is 1. The molecule has 1 heterocycles. The number of rotatable bonds is 3. The highest BCUT2D eigenvalue weighted by molar-refractivity contribution is 5.91. The molecule has 0 saturated carbocycles. The van der Waals surface area contributed by atoms with Crippen molar-refractivity contribution in [2.24, 2.45) is 0 Å². The summed E-state index contributed by atoms with van der Waals surface area (Å²) in [7, 11) is 3.23. The minimum Gasteiger partial charge on any atom is -0.497 e. The SMILES string of the molecule is COc1cc2c(OC)c(c1)COCCOCCOCc1cccc(c1C(=O)O)COCCOCCOC2. The van der Waals surface area contributed by atoms with E-state index in [2.05, 4.69) is 0 Å². The first-order chi connectivity index (χ1) is 18.1. The van der Waals surface area contributed by atoms with Crippen molar-refractivity contribution in [3.63, 3.8) is 0 Å². The topological polar surface area (TPSA) is 111 Å². The Hall–Kier alpha value is -2.73. The van der Waals surface area contributed by atoms with Gasteiger partial charge in [-0.1, -0.05) is 18.2 Å². The Labute approximate surface area is 217 Å². The highest BCUT2D eigenvalue weighted by Gasteiger charge is 2.16. The van der Waals surface area contributed by atoms with Gasteiger partial charge in [0.05, 0.1) is 99.1 Å². The van der Waals surface area contributed by atoms with Crippen molar-refractivity contribution in [2.75, 3.05) is 67.1 Å². The van der Waals surface area contributed by atoms with Crippen molar-refractivity contribution in [1.82, 2.24) is 0 Å². The number of aromatic carboxylic acids is 1. The molecular weight excluding hydrogens is 484 g/mol. The van der Waals surface area contributed by atoms with E-state index in [1.54, 1.807) is 32.4 Å². The second kappa shape index (κ2) is 16.2. The average molecular weight is 521 g/mol. The molecule has 204 valence electrons. The van der Waals surface area contributed by atoms with Gasteiger partial charge in [-0.25, -0.2) is 4.79 Å². The third-order valence-corrected chi connectivity index (χ3v) is 5.63. The zero-order valence-corrected chi connectivity index (χ0v) is 21.5. The average Bonchev–Trinajstić information content (AvgIpc) is 2.90. The number of hydrogen-bond donors (Lipinski definition) is 1. The Kier molecular flexibility index (Phi) is 12.6. The lowest BCUT2D eigenvalue weighted by atomic mass is 10.0. The molecule has 0 aromatic heterocycles. The maximum absolute atomic E-state index is 11.9. The fourth-order valence-electron chi connectivity index (χ4n) is 3.89. The van der Waals surface area contributed by atoms with Crippen molar-refractivity contribution in [1.29, 1.82) is 0 Å². The molecule has 4 bridgehead atoms. The van der Waals surface area contributed by atoms with Crippen LogP contribution in [0.1, 0.15) is 32.6 Å². The molecule has 0 spiro atoms. The van der Waals surface area contributed by atoms with Gasteiger partial charge in [-0.2, -0.15) is 0 Å². The molecule has 0 radical (unpaired) electrons. The second-order valence-corrected chi connectivity index (χ2v) is 8.17. The molecule has 0 saturated heterocycles. The first-order valence-corrected chi connectivity index (χ1v) is 12.2. The standard InChI is InChI=1S/C27H36O10/c1-30-24-14-22-18-36-12-8-32-6-10-34-16-20-4-3-5-21(25(20)27(28)29)17-35-11-7-33-9-13-37-19-23(15-24)26(22)31-2/h3-5,14-15H,6-13,16-19H2,1-2H3,(H,28,29). The van der Waals surface area contributed by atoms with E-state index in [0.29, 0.717) is 88.7 Å². The third-order valence-electron chi connectivity index (χ3n) is 5.63. The van der Waals surface area contributed by atoms with Gasteiger partial charge in [0, 0.05) is 11.1 Å². The lowest BCUT2D eigenvalue weighted by molar-refractivity contribution is 0.00446. The van der Waals surface area contributed by atoms with Gasteiger partial charge in [0.2, 0.25) is 0 Å². The van der Waals surface area contributed by atoms with E-state index < -0.39 is 5.97 Å². The summed E-state index contributed by atoms with van der Waals surface area (Å²) in [5.41, 5.74) is 3.08. The maximum atomic E-state index is 11.9. The number of methoxy groups -OCH3 is 2. The fourth-order valence-corrected chi connectivity index (χ4v) is 3.89. The molecule has 10 nitrogen and oxygen atoms in total. The van der Waals surface area contributed by atoms with Crippen LogP contribution in [0, 0.1) is 0 Å². The van der Waals surface area contributed by atoms with Gasteiger partial charge in [0.1, 0.15) is 11.5 Å². The predicted molar refractivity (Wildman–Crippen MR) is 133 cm³/mol. The van der Waals surface area contributed by atoms with Gasteiger partial charge >= 0.3 is 5.97 Å². The van der Waals surface area contributed by atoms with Gasteiger partial charge in [-0.05, 0) is 23.3 Å². The normalized spacial score (nSPS) is 17.4. The van der Waals surface area contributed by atoms with Crippen LogP contribution in [-0.2, 0) is 54.8 Å². The lowest BCUT2D eigenvalue weighted by Gasteiger charge is -2.16. The molecule has 0 atom stereocenters. The molecule has 1 aliphatic rings. The predicted octanol–water partition coefficient (Wildman–Crippen LogP) is 3.22. The number of fused-ring (bicyclic) bond motifs is 4. The summed E-state index contributed by atoms with van der Waals surface area (Å²) in [6, 6.07) is 9.05. The number of ether oxygens (including phenoxy) is 8. The summed E-state index contributed by atoms with van der Waals surface area (Å²) in [6.07, 6.45) is 0. The molecule has 0 unspecified atom stereocenters. The monoisotopic (exact) mass is 520 g/mol. The Morgan fingerprint density at radius 3 is 1.43 bits per heavy atom. The van der Waals surface area contributed by atoms with Crippen LogP contribution in [0.15, 0.2) is 30.3 Å². The van der Waals surface area contributed by atoms with Crippen LogP contribution < -0.4 is 9.47 Å². The number of carboxylic acid groups (broad SMARTS) is 1. The Morgan fingerprint density at radius 1 is 0.649 bits per heavy atom. The summed E-state index contributed by atoms with van der Waals surface area (Å²) >= 11 is 0. The molecule has 10 heteroatoms. The van der Waals surface area contributed by atoms with Gasteiger partial charge in [-0.3, -0.25) is 0 Å². The summed E-state index contributed by atoms with van der Waals surface area (Å²) in [5, 5.41) is 9.72. The molecule has 1 aliphatic heterocycles. The van der Waals surface area contributed by atoms with Crippen LogP contribution in [0.4, 0.5) is 0 Å². The van der Waals surface area contributed by atoms with E-state index in [-0.39, 0.29) is 18.8 Å². The highest BCUT2D eigenvalue weighted by Crippen LogP contribution is 2.30. The van der Waals surface area contributed by atoms with E-state index in [1.165, 1.54) is 0 Å². The highest BCUT2D eigenvalue weighted by atomic mass is 16.6. The lowest BCUT2D eigenvalue weighted by Crippen LogP contribution is -2.13. The van der Waals surface area contributed by atoms with Gasteiger partial charge in [0.25, 0.3) is 0 Å². The fraction of sp³-hybridized carbons (Fsp3) is 0.519. The molecule has 3 rings (SSSR count). The molecular formula is C27H36O10. The number of carboxylic acids is 1. The van der Waals surface area contributed by atoms with Crippen LogP contribution >= 0.6 is 0 Å². The third kappa shape index (κ3) is 9.26. The Balaban J connectivity index is 1.62. The number of benzene rings is 2. The molecule has 0 aliphatic carbocycles. The Bertz CT molecular complexity index is 916. The quantitative estimate of drug-likeness (QED) is 0.648. The summed E-state index contributed by atoms with van der Waals surface area (Å²) in [4.78, 5) is 11.9. The molecule has 0 fully saturated rings. The smallest absolute Gasteiger partial charge is 0.336 e. The van der Waals surface area contributed by atoms with E-state index in [0.717, 1.165) is 11.1 Å². The van der Waals surface area contributed by atoms with Crippen molar-refractivity contribution >= 4 is 5.97 Å². The van der Waals surface area contributed by atoms with Gasteiger partial charge in [0.15, 0.2) is 0 Å². The minimum atomic E-state index is -1.01. The molecule has 2 aromatic carbocycles. The van der Waals surface area contributed by atoms with E-state index in [9.17, 15) is 9.90 Å².